The van der Waals surface area contributed by atoms with Crippen molar-refractivity contribution in [3.8, 4) is 5.75 Å². The summed E-state index contributed by atoms with van der Waals surface area (Å²) in [6.45, 7) is 9.37. The molecule has 0 aliphatic carbocycles. The van der Waals surface area contributed by atoms with Crippen LogP contribution in [0.3, 0.4) is 0 Å². The fourth-order valence-electron chi connectivity index (χ4n) is 6.77. The van der Waals surface area contributed by atoms with Gasteiger partial charge in [0.15, 0.2) is 0 Å². The summed E-state index contributed by atoms with van der Waals surface area (Å²) in [6, 6.07) is 16.7. The molecule has 0 bridgehead atoms. The summed E-state index contributed by atoms with van der Waals surface area (Å²) in [5.41, 5.74) is 3.89. The topological polar surface area (TPSA) is 48.4 Å². The van der Waals surface area contributed by atoms with E-state index in [1.54, 1.807) is 0 Å². The van der Waals surface area contributed by atoms with E-state index in [-0.39, 0.29) is 11.9 Å². The molecule has 1 amide bonds. The molecule has 0 aromatic heterocycles. The van der Waals surface area contributed by atoms with E-state index < -0.39 is 0 Å². The molecule has 7 heteroatoms. The predicted octanol–water partition coefficient (Wildman–Crippen LogP) is 8.05. The number of halogens is 1. The Bertz CT molecular complexity index is 1430. The zero-order valence-electron chi connectivity index (χ0n) is 25.6. The van der Waals surface area contributed by atoms with Crippen LogP contribution in [0, 0.1) is 6.92 Å². The summed E-state index contributed by atoms with van der Waals surface area (Å²) in [6.07, 6.45) is 12.8. The zero-order valence-corrected chi connectivity index (χ0v) is 26.3. The van der Waals surface area contributed by atoms with E-state index >= 15 is 0 Å². The molecular weight excluding hydrogens is 556 g/mol. The van der Waals surface area contributed by atoms with Crippen LogP contribution in [0.15, 0.2) is 53.5 Å². The molecule has 0 unspecified atom stereocenters. The lowest BCUT2D eigenvalue weighted by Crippen LogP contribution is -2.46. The van der Waals surface area contributed by atoms with Gasteiger partial charge in [-0.15, -0.1) is 0 Å². The molecule has 2 fully saturated rings. The van der Waals surface area contributed by atoms with E-state index in [0.717, 1.165) is 91.4 Å². The molecule has 6 nitrogen and oxygen atoms in total. The average Bonchev–Trinajstić information content (AvgIpc) is 3.45. The highest BCUT2D eigenvalue weighted by atomic mass is 35.5. The van der Waals surface area contributed by atoms with E-state index in [9.17, 15) is 4.79 Å². The largest absolute Gasteiger partial charge is 0.493 e. The second-order valence-electron chi connectivity index (χ2n) is 12.4. The van der Waals surface area contributed by atoms with Crippen LogP contribution in [0.4, 0.5) is 11.4 Å². The van der Waals surface area contributed by atoms with Crippen molar-refractivity contribution < 1.29 is 9.53 Å². The summed E-state index contributed by atoms with van der Waals surface area (Å²) in [5, 5.41) is 2.96. The van der Waals surface area contributed by atoms with Crippen LogP contribution in [0.1, 0.15) is 73.7 Å². The number of nitrogens with zero attached hydrogens (tertiary/aromatic N) is 4. The molecule has 3 aromatic rings. The number of piperazine rings is 1. The minimum Gasteiger partial charge on any atom is -0.493 e. The van der Waals surface area contributed by atoms with Crippen molar-refractivity contribution in [2.75, 3.05) is 50.8 Å². The van der Waals surface area contributed by atoms with Crippen molar-refractivity contribution in [3.63, 3.8) is 0 Å². The van der Waals surface area contributed by atoms with Crippen molar-refractivity contribution in [1.29, 1.82) is 0 Å². The number of aliphatic imine (C=N–C) groups is 1. The van der Waals surface area contributed by atoms with E-state index in [2.05, 4.69) is 47.1 Å². The first-order valence-electron chi connectivity index (χ1n) is 16.3. The second-order valence-corrected chi connectivity index (χ2v) is 12.9. The predicted molar refractivity (Wildman–Crippen MR) is 179 cm³/mol. The van der Waals surface area contributed by atoms with Gasteiger partial charge in [-0.2, -0.15) is 0 Å². The Labute approximate surface area is 261 Å². The Morgan fingerprint density at radius 1 is 0.860 bits per heavy atom. The van der Waals surface area contributed by atoms with Gasteiger partial charge in [-0.1, -0.05) is 43.7 Å². The SMILES string of the molecule is Cc1cc2cc3c(cc2cc1OCCCCCCCCCN1CCN(c2ccc(Cl)cc2)CC1)N=C[C@@H]1CCCN1C3=O. The highest BCUT2D eigenvalue weighted by Gasteiger charge is 2.31. The Morgan fingerprint density at radius 2 is 1.58 bits per heavy atom. The summed E-state index contributed by atoms with van der Waals surface area (Å²) < 4.78 is 6.22. The Hall–Kier alpha value is -3.09. The number of carbonyl (C=O) groups is 1. The van der Waals surface area contributed by atoms with Gasteiger partial charge in [0.25, 0.3) is 5.91 Å². The van der Waals surface area contributed by atoms with E-state index in [1.807, 2.05) is 29.3 Å². The zero-order chi connectivity index (χ0) is 29.6. The average molecular weight is 601 g/mol. The van der Waals surface area contributed by atoms with Crippen molar-refractivity contribution in [1.82, 2.24) is 9.80 Å². The Kier molecular flexibility index (Phi) is 9.84. The minimum absolute atomic E-state index is 0.110. The van der Waals surface area contributed by atoms with Crippen LogP contribution in [0.5, 0.6) is 5.75 Å². The van der Waals surface area contributed by atoms with Gasteiger partial charge in [-0.3, -0.25) is 14.7 Å². The number of anilines is 1. The number of hydrogen-bond donors (Lipinski definition) is 0. The van der Waals surface area contributed by atoms with Gasteiger partial charge in [0, 0.05) is 49.6 Å². The monoisotopic (exact) mass is 600 g/mol. The maximum Gasteiger partial charge on any atom is 0.256 e. The molecule has 228 valence electrons. The van der Waals surface area contributed by atoms with Gasteiger partial charge >= 0.3 is 0 Å². The number of benzene rings is 3. The maximum atomic E-state index is 13.2. The fraction of sp³-hybridized carbons (Fsp3) is 0.500. The van der Waals surface area contributed by atoms with Crippen molar-refractivity contribution in [2.45, 2.75) is 70.8 Å². The molecule has 3 aliphatic rings. The highest BCUT2D eigenvalue weighted by Crippen LogP contribution is 2.35. The number of unbranched alkanes of at least 4 members (excludes halogenated alkanes) is 6. The number of hydrogen-bond acceptors (Lipinski definition) is 5. The quantitative estimate of drug-likeness (QED) is 0.197. The van der Waals surface area contributed by atoms with Gasteiger partial charge in [0.1, 0.15) is 5.75 Å². The summed E-state index contributed by atoms with van der Waals surface area (Å²) in [7, 11) is 0. The fourth-order valence-corrected chi connectivity index (χ4v) is 6.90. The first-order valence-corrected chi connectivity index (χ1v) is 16.7. The number of ether oxygens (including phenoxy) is 1. The van der Waals surface area contributed by atoms with E-state index in [1.165, 1.54) is 50.8 Å². The summed E-state index contributed by atoms with van der Waals surface area (Å²) >= 11 is 6.03. The smallest absolute Gasteiger partial charge is 0.256 e. The first-order chi connectivity index (χ1) is 21.0. The number of fused-ring (bicyclic) bond motifs is 3. The van der Waals surface area contributed by atoms with Crippen LogP contribution in [0.2, 0.25) is 5.02 Å². The van der Waals surface area contributed by atoms with Crippen molar-refractivity contribution in [3.05, 3.63) is 64.7 Å². The molecule has 3 heterocycles. The summed E-state index contributed by atoms with van der Waals surface area (Å²) in [5.74, 6) is 1.05. The van der Waals surface area contributed by atoms with Gasteiger partial charge in [-0.05, 0) is 104 Å². The van der Waals surface area contributed by atoms with Gasteiger partial charge in [0.2, 0.25) is 0 Å². The standard InChI is InChI=1S/C36H45ClN4O2/c1-27-22-28-23-33-34(38-26-32-10-9-16-41(32)36(33)42)24-29(28)25-35(27)43-21-8-6-4-2-3-5-7-15-39-17-19-40(20-18-39)31-13-11-30(37)12-14-31/h11-14,22-26,32H,2-10,15-21H2,1H3/t32-/m0/s1. The molecular formula is C36H45ClN4O2. The molecule has 6 rings (SSSR count). The lowest BCUT2D eigenvalue weighted by molar-refractivity contribution is 0.0775. The molecule has 0 N–H and O–H groups in total. The van der Waals surface area contributed by atoms with Crippen LogP contribution in [-0.4, -0.2) is 73.8 Å². The van der Waals surface area contributed by atoms with Crippen LogP contribution >= 0.6 is 11.6 Å². The molecule has 2 saturated heterocycles. The number of aryl methyl sites for hydroxylation is 1. The Balaban J connectivity index is 0.863. The van der Waals surface area contributed by atoms with Gasteiger partial charge in [0.05, 0.1) is 23.9 Å². The van der Waals surface area contributed by atoms with Gasteiger partial charge in [-0.25, -0.2) is 0 Å². The van der Waals surface area contributed by atoms with Crippen molar-refractivity contribution >= 4 is 45.9 Å². The van der Waals surface area contributed by atoms with Crippen LogP contribution in [0.25, 0.3) is 10.8 Å². The third-order valence-corrected chi connectivity index (χ3v) is 9.62. The highest BCUT2D eigenvalue weighted by molar-refractivity contribution is 6.30. The molecule has 43 heavy (non-hydrogen) atoms. The van der Waals surface area contributed by atoms with Gasteiger partial charge < -0.3 is 14.5 Å². The third kappa shape index (κ3) is 7.35. The third-order valence-electron chi connectivity index (χ3n) is 9.37. The first kappa shape index (κ1) is 30.0. The normalized spacial score (nSPS) is 18.7. The van der Waals surface area contributed by atoms with Crippen LogP contribution in [-0.2, 0) is 0 Å². The number of rotatable bonds is 12. The number of amides is 1. The molecule has 0 radical (unpaired) electrons. The molecule has 3 aromatic carbocycles. The van der Waals surface area contributed by atoms with Crippen molar-refractivity contribution in [2.24, 2.45) is 4.99 Å². The number of carbonyl (C=O) groups excluding carboxylic acids is 1. The lowest BCUT2D eigenvalue weighted by Gasteiger charge is -2.36. The molecule has 1 atom stereocenters. The van der Waals surface area contributed by atoms with E-state index in [0.29, 0.717) is 5.56 Å². The lowest BCUT2D eigenvalue weighted by atomic mass is 10.0. The molecule has 0 saturated carbocycles. The second kappa shape index (κ2) is 14.1. The molecule has 0 spiro atoms. The molecule has 3 aliphatic heterocycles. The van der Waals surface area contributed by atoms with Crippen LogP contribution < -0.4 is 9.64 Å². The van der Waals surface area contributed by atoms with E-state index in [4.69, 9.17) is 21.3 Å². The maximum absolute atomic E-state index is 13.2. The minimum atomic E-state index is 0.110. The Morgan fingerprint density at radius 3 is 2.37 bits per heavy atom. The summed E-state index contributed by atoms with van der Waals surface area (Å²) in [4.78, 5) is 24.9.